The molecular formula is C13H19BrN2O. The zero-order chi connectivity index (χ0) is 12.3. The Morgan fingerprint density at radius 2 is 2.18 bits per heavy atom. The molecule has 4 heteroatoms. The summed E-state index contributed by atoms with van der Waals surface area (Å²) < 4.78 is 6.59. The van der Waals surface area contributed by atoms with Gasteiger partial charge in [0.05, 0.1) is 12.3 Å². The monoisotopic (exact) mass is 298 g/mol. The van der Waals surface area contributed by atoms with Crippen LogP contribution >= 0.6 is 15.9 Å². The minimum Gasteiger partial charge on any atom is -0.380 e. The second kappa shape index (κ2) is 5.85. The molecule has 94 valence electrons. The maximum atomic E-state index is 5.88. The van der Waals surface area contributed by atoms with E-state index in [1.54, 1.807) is 0 Å². The molecule has 1 saturated heterocycles. The highest BCUT2D eigenvalue weighted by atomic mass is 79.9. The molecule has 0 spiro atoms. The van der Waals surface area contributed by atoms with Crippen LogP contribution in [0.1, 0.15) is 24.9 Å². The van der Waals surface area contributed by atoms with Crippen molar-refractivity contribution in [3.63, 3.8) is 0 Å². The lowest BCUT2D eigenvalue weighted by Crippen LogP contribution is -2.26. The van der Waals surface area contributed by atoms with Crippen LogP contribution in [0.25, 0.3) is 0 Å². The van der Waals surface area contributed by atoms with Crippen LogP contribution in [0.5, 0.6) is 0 Å². The van der Waals surface area contributed by atoms with Gasteiger partial charge in [0.15, 0.2) is 0 Å². The normalized spacial score (nSPS) is 18.9. The number of ether oxygens (including phenoxy) is 1. The van der Waals surface area contributed by atoms with Crippen molar-refractivity contribution in [3.8, 4) is 0 Å². The van der Waals surface area contributed by atoms with E-state index in [9.17, 15) is 0 Å². The van der Waals surface area contributed by atoms with Crippen molar-refractivity contribution < 1.29 is 4.74 Å². The first kappa shape index (κ1) is 12.9. The summed E-state index contributed by atoms with van der Waals surface area (Å²) in [7, 11) is 0. The van der Waals surface area contributed by atoms with Crippen LogP contribution in [0.4, 0.5) is 5.69 Å². The fourth-order valence-corrected chi connectivity index (χ4v) is 2.70. The predicted octanol–water partition coefficient (Wildman–Crippen LogP) is 2.70. The summed E-state index contributed by atoms with van der Waals surface area (Å²) in [6, 6.07) is 6.45. The third-order valence-electron chi connectivity index (χ3n) is 3.06. The van der Waals surface area contributed by atoms with E-state index in [1.807, 2.05) is 6.92 Å². The molecule has 0 saturated carbocycles. The molecule has 17 heavy (non-hydrogen) atoms. The molecule has 0 amide bonds. The smallest absolute Gasteiger partial charge is 0.0641 e. The molecule has 0 radical (unpaired) electrons. The maximum absolute atomic E-state index is 5.88. The lowest BCUT2D eigenvalue weighted by molar-refractivity contribution is 0.152. The number of nitrogens with zero attached hydrogens (tertiary/aromatic N) is 1. The van der Waals surface area contributed by atoms with E-state index in [4.69, 9.17) is 10.5 Å². The van der Waals surface area contributed by atoms with Crippen LogP contribution in [0, 0.1) is 0 Å². The van der Waals surface area contributed by atoms with Crippen LogP contribution in [-0.2, 0) is 4.74 Å². The summed E-state index contributed by atoms with van der Waals surface area (Å²) >= 11 is 3.64. The van der Waals surface area contributed by atoms with E-state index in [0.717, 1.165) is 42.8 Å². The summed E-state index contributed by atoms with van der Waals surface area (Å²) in [6.45, 7) is 5.68. The van der Waals surface area contributed by atoms with Gasteiger partial charge in [-0.3, -0.25) is 0 Å². The van der Waals surface area contributed by atoms with E-state index < -0.39 is 0 Å². The van der Waals surface area contributed by atoms with Crippen LogP contribution in [0.2, 0.25) is 0 Å². The van der Waals surface area contributed by atoms with Gasteiger partial charge >= 0.3 is 0 Å². The van der Waals surface area contributed by atoms with Gasteiger partial charge in [-0.25, -0.2) is 0 Å². The van der Waals surface area contributed by atoms with Crippen LogP contribution in [0.15, 0.2) is 22.7 Å². The van der Waals surface area contributed by atoms with Crippen molar-refractivity contribution in [1.82, 2.24) is 0 Å². The Bertz CT molecular complexity index is 374. The van der Waals surface area contributed by atoms with E-state index in [0.29, 0.717) is 0 Å². The third kappa shape index (κ3) is 3.21. The highest BCUT2D eigenvalue weighted by molar-refractivity contribution is 9.10. The number of hydrogen-bond acceptors (Lipinski definition) is 3. The summed E-state index contributed by atoms with van der Waals surface area (Å²) in [5, 5.41) is 0. The molecule has 2 N–H and O–H groups in total. The Hall–Kier alpha value is -0.580. The molecule has 1 aliphatic rings. The van der Waals surface area contributed by atoms with Gasteiger partial charge < -0.3 is 15.4 Å². The van der Waals surface area contributed by atoms with Gasteiger partial charge in [-0.2, -0.15) is 0 Å². The Labute approximate surface area is 111 Å². The fourth-order valence-electron chi connectivity index (χ4n) is 2.05. The van der Waals surface area contributed by atoms with Crippen molar-refractivity contribution in [2.75, 3.05) is 31.2 Å². The SMILES string of the molecule is CC(N)c1ccc(N2CCCOCC2)c(Br)c1. The molecule has 1 unspecified atom stereocenters. The predicted molar refractivity (Wildman–Crippen MR) is 74.4 cm³/mol. The first-order valence-electron chi connectivity index (χ1n) is 6.06. The minimum absolute atomic E-state index is 0.0767. The highest BCUT2D eigenvalue weighted by Crippen LogP contribution is 2.29. The van der Waals surface area contributed by atoms with Crippen molar-refractivity contribution in [2.45, 2.75) is 19.4 Å². The fraction of sp³-hybridized carbons (Fsp3) is 0.538. The zero-order valence-corrected chi connectivity index (χ0v) is 11.7. The van der Waals surface area contributed by atoms with Crippen molar-refractivity contribution >= 4 is 21.6 Å². The number of rotatable bonds is 2. The number of hydrogen-bond donors (Lipinski definition) is 1. The molecule has 1 atom stereocenters. The van der Waals surface area contributed by atoms with E-state index in [-0.39, 0.29) is 6.04 Å². The van der Waals surface area contributed by atoms with Gasteiger partial charge in [0, 0.05) is 30.2 Å². The molecule has 1 aromatic carbocycles. The number of nitrogens with two attached hydrogens (primary N) is 1. The summed E-state index contributed by atoms with van der Waals surface area (Å²) in [5.41, 5.74) is 8.28. The number of halogens is 1. The van der Waals surface area contributed by atoms with Crippen LogP contribution in [0.3, 0.4) is 0 Å². The van der Waals surface area contributed by atoms with Gasteiger partial charge in [0.1, 0.15) is 0 Å². The Morgan fingerprint density at radius 3 is 2.88 bits per heavy atom. The average molecular weight is 299 g/mol. The third-order valence-corrected chi connectivity index (χ3v) is 3.70. The van der Waals surface area contributed by atoms with Gasteiger partial charge in [0.2, 0.25) is 0 Å². The van der Waals surface area contributed by atoms with E-state index >= 15 is 0 Å². The Balaban J connectivity index is 2.19. The first-order chi connectivity index (χ1) is 8.18. The zero-order valence-electron chi connectivity index (χ0n) is 10.2. The van der Waals surface area contributed by atoms with Crippen molar-refractivity contribution in [3.05, 3.63) is 28.2 Å². The van der Waals surface area contributed by atoms with Crippen molar-refractivity contribution in [2.24, 2.45) is 5.73 Å². The lowest BCUT2D eigenvalue weighted by atomic mass is 10.1. The molecular weight excluding hydrogens is 280 g/mol. The average Bonchev–Trinajstić information content (AvgIpc) is 2.57. The molecule has 0 aliphatic carbocycles. The molecule has 1 aliphatic heterocycles. The quantitative estimate of drug-likeness (QED) is 0.912. The Kier molecular flexibility index (Phi) is 4.42. The minimum atomic E-state index is 0.0767. The largest absolute Gasteiger partial charge is 0.380 e. The highest BCUT2D eigenvalue weighted by Gasteiger charge is 2.13. The standard InChI is InChI=1S/C13H19BrN2O/c1-10(15)11-3-4-13(12(14)9-11)16-5-2-7-17-8-6-16/h3-4,9-10H,2,5-8,15H2,1H3. The number of anilines is 1. The second-order valence-corrected chi connectivity index (χ2v) is 5.31. The van der Waals surface area contributed by atoms with E-state index in [1.165, 1.54) is 5.69 Å². The summed E-state index contributed by atoms with van der Waals surface area (Å²) in [4.78, 5) is 2.36. The molecule has 0 aromatic heterocycles. The van der Waals surface area contributed by atoms with E-state index in [2.05, 4.69) is 39.0 Å². The molecule has 0 bridgehead atoms. The molecule has 1 aromatic rings. The van der Waals surface area contributed by atoms with Crippen LogP contribution in [-0.4, -0.2) is 26.3 Å². The molecule has 3 nitrogen and oxygen atoms in total. The summed E-state index contributed by atoms with van der Waals surface area (Å²) in [6.07, 6.45) is 1.08. The molecule has 2 rings (SSSR count). The van der Waals surface area contributed by atoms with Crippen molar-refractivity contribution in [1.29, 1.82) is 0 Å². The van der Waals surface area contributed by atoms with Gasteiger partial charge in [-0.1, -0.05) is 6.07 Å². The van der Waals surface area contributed by atoms with Gasteiger partial charge in [-0.15, -0.1) is 0 Å². The molecule has 1 heterocycles. The van der Waals surface area contributed by atoms with Crippen LogP contribution < -0.4 is 10.6 Å². The van der Waals surface area contributed by atoms with Gasteiger partial charge in [-0.05, 0) is 47.0 Å². The first-order valence-corrected chi connectivity index (χ1v) is 6.85. The Morgan fingerprint density at radius 1 is 1.35 bits per heavy atom. The topological polar surface area (TPSA) is 38.5 Å². The summed E-state index contributed by atoms with van der Waals surface area (Å²) in [5.74, 6) is 0. The molecule has 1 fully saturated rings. The van der Waals surface area contributed by atoms with Gasteiger partial charge in [0.25, 0.3) is 0 Å². The lowest BCUT2D eigenvalue weighted by Gasteiger charge is -2.24. The maximum Gasteiger partial charge on any atom is 0.0641 e. The second-order valence-electron chi connectivity index (χ2n) is 4.45. The number of benzene rings is 1.